The Morgan fingerprint density at radius 1 is 1.22 bits per heavy atom. The van der Waals surface area contributed by atoms with E-state index >= 15 is 0 Å². The summed E-state index contributed by atoms with van der Waals surface area (Å²) in [6.07, 6.45) is 1.08. The molecule has 1 unspecified atom stereocenters. The summed E-state index contributed by atoms with van der Waals surface area (Å²) >= 11 is 1.43. The molecule has 3 N–H and O–H groups in total. The number of nitrogens with zero attached hydrogens (tertiary/aromatic N) is 1. The van der Waals surface area contributed by atoms with Crippen molar-refractivity contribution in [3.63, 3.8) is 0 Å². The minimum atomic E-state index is -0.485. The van der Waals surface area contributed by atoms with E-state index < -0.39 is 11.9 Å². The Morgan fingerprint density at radius 2 is 2.00 bits per heavy atom. The van der Waals surface area contributed by atoms with Gasteiger partial charge < -0.3 is 15.1 Å². The maximum atomic E-state index is 13.9. The number of H-pyrrole nitrogens is 2. The fourth-order valence-electron chi connectivity index (χ4n) is 3.10. The van der Waals surface area contributed by atoms with Gasteiger partial charge in [0.25, 0.3) is 5.56 Å². The lowest BCUT2D eigenvalue weighted by Crippen LogP contribution is -2.28. The van der Waals surface area contributed by atoms with Crippen LogP contribution in [0.1, 0.15) is 20.8 Å². The quantitative estimate of drug-likeness (QED) is 0.365. The average molecular weight is 385 g/mol. The molecular formula is C20H20FN3O2S. The summed E-state index contributed by atoms with van der Waals surface area (Å²) in [5, 5.41) is 13.3. The number of benzene rings is 2. The van der Waals surface area contributed by atoms with Crippen molar-refractivity contribution in [1.82, 2.24) is 15.0 Å². The second-order valence-electron chi connectivity index (χ2n) is 7.74. The van der Waals surface area contributed by atoms with E-state index in [1.54, 1.807) is 18.3 Å². The molecule has 1 atom stereocenters. The van der Waals surface area contributed by atoms with Crippen LogP contribution in [0.25, 0.3) is 32.6 Å². The van der Waals surface area contributed by atoms with Gasteiger partial charge in [-0.1, -0.05) is 32.5 Å². The van der Waals surface area contributed by atoms with Crippen molar-refractivity contribution in [2.45, 2.75) is 32.0 Å². The first-order chi connectivity index (χ1) is 12.8. The molecule has 4 aromatic rings. The SMILES string of the molecule is CC(C)(C)C(O)CSc1nc2c3cc[nH]c(=O)c3c3cc(F)ccc3c2[nH]1. The van der Waals surface area contributed by atoms with Gasteiger partial charge >= 0.3 is 0 Å². The molecule has 0 radical (unpaired) electrons. The van der Waals surface area contributed by atoms with E-state index in [2.05, 4.69) is 15.0 Å². The number of aromatic amines is 2. The van der Waals surface area contributed by atoms with Crippen LogP contribution in [0.5, 0.6) is 0 Å². The molecule has 0 fully saturated rings. The third-order valence-electron chi connectivity index (χ3n) is 4.80. The molecular weight excluding hydrogens is 365 g/mol. The number of rotatable bonds is 3. The van der Waals surface area contributed by atoms with Crippen molar-refractivity contribution in [3.05, 3.63) is 46.6 Å². The monoisotopic (exact) mass is 385 g/mol. The van der Waals surface area contributed by atoms with Crippen LogP contribution in [0.3, 0.4) is 0 Å². The highest BCUT2D eigenvalue weighted by molar-refractivity contribution is 7.99. The smallest absolute Gasteiger partial charge is 0.256 e. The van der Waals surface area contributed by atoms with Gasteiger partial charge in [0.15, 0.2) is 5.16 Å². The number of aliphatic hydroxyl groups excluding tert-OH is 1. The maximum Gasteiger partial charge on any atom is 0.256 e. The van der Waals surface area contributed by atoms with Crippen LogP contribution in [-0.2, 0) is 0 Å². The van der Waals surface area contributed by atoms with Crippen LogP contribution >= 0.6 is 11.8 Å². The van der Waals surface area contributed by atoms with Crippen molar-refractivity contribution in [2.24, 2.45) is 5.41 Å². The van der Waals surface area contributed by atoms with Crippen LogP contribution in [-0.4, -0.2) is 31.9 Å². The zero-order valence-electron chi connectivity index (χ0n) is 15.3. The number of aliphatic hydroxyl groups is 1. The van der Waals surface area contributed by atoms with Crippen molar-refractivity contribution < 1.29 is 9.50 Å². The van der Waals surface area contributed by atoms with Crippen LogP contribution in [0, 0.1) is 11.2 Å². The second-order valence-corrected chi connectivity index (χ2v) is 8.75. The molecule has 0 bridgehead atoms. The molecule has 4 rings (SSSR count). The van der Waals surface area contributed by atoms with Crippen LogP contribution < -0.4 is 5.56 Å². The topological polar surface area (TPSA) is 81.8 Å². The summed E-state index contributed by atoms with van der Waals surface area (Å²) in [4.78, 5) is 23.0. The zero-order valence-corrected chi connectivity index (χ0v) is 16.1. The fraction of sp³-hybridized carbons (Fsp3) is 0.300. The average Bonchev–Trinajstić information content (AvgIpc) is 3.03. The van der Waals surface area contributed by atoms with Gasteiger partial charge in [-0.25, -0.2) is 9.37 Å². The first-order valence-corrected chi connectivity index (χ1v) is 9.67. The Bertz CT molecular complexity index is 1220. The molecule has 0 spiro atoms. The normalized spacial score (nSPS) is 13.7. The van der Waals surface area contributed by atoms with Crippen molar-refractivity contribution in [2.75, 3.05) is 5.75 Å². The molecule has 0 saturated heterocycles. The number of halogens is 1. The lowest BCUT2D eigenvalue weighted by molar-refractivity contribution is 0.0842. The van der Waals surface area contributed by atoms with Gasteiger partial charge in [-0.2, -0.15) is 0 Å². The Hall–Kier alpha value is -2.38. The van der Waals surface area contributed by atoms with E-state index in [4.69, 9.17) is 0 Å². The Morgan fingerprint density at radius 3 is 2.74 bits per heavy atom. The summed E-state index contributed by atoms with van der Waals surface area (Å²) in [5.74, 6) is 0.0998. The molecule has 27 heavy (non-hydrogen) atoms. The Kier molecular flexibility index (Phi) is 4.24. The largest absolute Gasteiger partial charge is 0.392 e. The van der Waals surface area contributed by atoms with Crippen molar-refractivity contribution in [3.8, 4) is 0 Å². The van der Waals surface area contributed by atoms with Gasteiger partial charge in [-0.3, -0.25) is 4.79 Å². The van der Waals surface area contributed by atoms with Crippen molar-refractivity contribution >= 4 is 44.3 Å². The second kappa shape index (κ2) is 6.35. The van der Waals surface area contributed by atoms with E-state index in [1.165, 1.54) is 23.9 Å². The van der Waals surface area contributed by atoms with E-state index in [0.717, 1.165) is 10.9 Å². The third kappa shape index (κ3) is 3.11. The standard InChI is InChI=1S/C20H20FN3O2S/c1-20(2,3)14(25)9-27-19-23-16-11-5-4-10(21)8-13(11)15-12(17(16)24-19)6-7-22-18(15)26/h4-8,14,25H,9H2,1-3H3,(H,22,26)(H,23,24). The number of hydrogen-bond acceptors (Lipinski definition) is 4. The van der Waals surface area contributed by atoms with E-state index in [0.29, 0.717) is 32.6 Å². The van der Waals surface area contributed by atoms with E-state index in [-0.39, 0.29) is 11.0 Å². The number of pyridine rings is 1. The molecule has 2 heterocycles. The van der Waals surface area contributed by atoms with Gasteiger partial charge in [-0.15, -0.1) is 0 Å². The number of aromatic nitrogens is 3. The van der Waals surface area contributed by atoms with E-state index in [1.807, 2.05) is 20.8 Å². The predicted molar refractivity (Wildman–Crippen MR) is 108 cm³/mol. The highest BCUT2D eigenvalue weighted by atomic mass is 32.2. The summed E-state index contributed by atoms with van der Waals surface area (Å²) in [6, 6.07) is 6.20. The highest BCUT2D eigenvalue weighted by Crippen LogP contribution is 2.34. The molecule has 0 amide bonds. The maximum absolute atomic E-state index is 13.9. The van der Waals surface area contributed by atoms with Gasteiger partial charge in [0.2, 0.25) is 0 Å². The fourth-order valence-corrected chi connectivity index (χ4v) is 4.25. The van der Waals surface area contributed by atoms with Gasteiger partial charge in [0.05, 0.1) is 22.5 Å². The molecule has 0 aliphatic carbocycles. The first kappa shape index (κ1) is 18.0. The lowest BCUT2D eigenvalue weighted by Gasteiger charge is -2.24. The van der Waals surface area contributed by atoms with Gasteiger partial charge in [0, 0.05) is 28.1 Å². The minimum absolute atomic E-state index is 0.219. The van der Waals surface area contributed by atoms with Crippen LogP contribution in [0.4, 0.5) is 4.39 Å². The zero-order chi connectivity index (χ0) is 19.3. The van der Waals surface area contributed by atoms with Gasteiger partial charge in [0.1, 0.15) is 5.82 Å². The Balaban J connectivity index is 1.93. The number of hydrogen-bond donors (Lipinski definition) is 3. The molecule has 0 aliphatic heterocycles. The Labute approximate surface area is 159 Å². The summed E-state index contributed by atoms with van der Waals surface area (Å²) in [7, 11) is 0. The molecule has 2 aromatic carbocycles. The lowest BCUT2D eigenvalue weighted by atomic mass is 9.90. The molecule has 0 aliphatic rings. The number of imidazole rings is 1. The third-order valence-corrected chi connectivity index (χ3v) is 5.75. The highest BCUT2D eigenvalue weighted by Gasteiger charge is 2.23. The van der Waals surface area contributed by atoms with Gasteiger partial charge in [-0.05, 0) is 29.7 Å². The molecule has 5 nitrogen and oxygen atoms in total. The summed E-state index contributed by atoms with van der Waals surface area (Å²) in [5.41, 5.74) is 0.938. The van der Waals surface area contributed by atoms with E-state index in [9.17, 15) is 14.3 Å². The summed E-state index contributed by atoms with van der Waals surface area (Å²) in [6.45, 7) is 5.95. The van der Waals surface area contributed by atoms with Crippen LogP contribution in [0.15, 0.2) is 40.4 Å². The number of fused-ring (bicyclic) bond motifs is 6. The molecule has 0 saturated carbocycles. The molecule has 140 valence electrons. The molecule has 2 aromatic heterocycles. The van der Waals surface area contributed by atoms with Crippen LogP contribution in [0.2, 0.25) is 0 Å². The predicted octanol–water partition coefficient (Wildman–Crippen LogP) is 4.20. The van der Waals surface area contributed by atoms with Crippen molar-refractivity contribution in [1.29, 1.82) is 0 Å². The minimum Gasteiger partial charge on any atom is -0.392 e. The number of nitrogens with one attached hydrogen (secondary N) is 2. The first-order valence-electron chi connectivity index (χ1n) is 8.69. The number of thioether (sulfide) groups is 1. The summed E-state index contributed by atoms with van der Waals surface area (Å²) < 4.78 is 13.9. The molecule has 7 heteroatoms.